The summed E-state index contributed by atoms with van der Waals surface area (Å²) in [4.78, 5) is 23.4. The van der Waals surface area contributed by atoms with E-state index in [2.05, 4.69) is 9.84 Å². The number of hydrogen-bond acceptors (Lipinski definition) is 6. The number of nitrogens with zero attached hydrogens (tertiary/aromatic N) is 2. The van der Waals surface area contributed by atoms with Gasteiger partial charge in [0.1, 0.15) is 5.76 Å². The van der Waals surface area contributed by atoms with Crippen LogP contribution in [0.15, 0.2) is 27.5 Å². The van der Waals surface area contributed by atoms with Crippen LogP contribution in [0.5, 0.6) is 5.75 Å². The summed E-state index contributed by atoms with van der Waals surface area (Å²) in [6.07, 6.45) is 1.49. The topological polar surface area (TPSA) is 94.6 Å². The molecule has 1 N–H and O–H groups in total. The highest BCUT2D eigenvalue weighted by Crippen LogP contribution is 2.32. The fraction of sp³-hybridized carbons (Fsp3) is 0.357. The zero-order valence-corrected chi connectivity index (χ0v) is 12.0. The molecule has 0 aliphatic carbocycles. The van der Waals surface area contributed by atoms with Crippen molar-refractivity contribution < 1.29 is 19.1 Å². The molecule has 0 fully saturated rings. The van der Waals surface area contributed by atoms with Gasteiger partial charge in [0.25, 0.3) is 0 Å². The van der Waals surface area contributed by atoms with Gasteiger partial charge < -0.3 is 14.3 Å². The Hall–Kier alpha value is -2.57. The summed E-state index contributed by atoms with van der Waals surface area (Å²) in [6, 6.07) is 2.88. The van der Waals surface area contributed by atoms with Crippen LogP contribution in [0, 0.1) is 6.92 Å². The molecule has 0 amide bonds. The largest absolute Gasteiger partial charge is 0.502 e. The highest BCUT2D eigenvalue weighted by Gasteiger charge is 2.28. The molecule has 0 unspecified atom stereocenters. The molecule has 1 atom stereocenters. The zero-order chi connectivity index (χ0) is 15.6. The van der Waals surface area contributed by atoms with E-state index in [4.69, 9.17) is 4.42 Å². The summed E-state index contributed by atoms with van der Waals surface area (Å²) in [5.41, 5.74) is 0.0789. The summed E-state index contributed by atoms with van der Waals surface area (Å²) in [6.45, 7) is 1.60. The lowest BCUT2D eigenvalue weighted by Gasteiger charge is -2.16. The molecule has 0 bridgehead atoms. The van der Waals surface area contributed by atoms with Gasteiger partial charge in [0, 0.05) is 25.0 Å². The molecule has 7 nitrogen and oxygen atoms in total. The van der Waals surface area contributed by atoms with Crippen LogP contribution in [0.3, 0.4) is 0 Å². The van der Waals surface area contributed by atoms with Crippen molar-refractivity contribution in [2.75, 3.05) is 7.11 Å². The summed E-state index contributed by atoms with van der Waals surface area (Å²) in [5.74, 6) is -1.25. The van der Waals surface area contributed by atoms with E-state index in [0.29, 0.717) is 11.5 Å². The molecule has 2 aromatic rings. The van der Waals surface area contributed by atoms with Gasteiger partial charge in [-0.2, -0.15) is 5.10 Å². The second-order valence-corrected chi connectivity index (χ2v) is 4.65. The summed E-state index contributed by atoms with van der Waals surface area (Å²) < 4.78 is 11.7. The molecule has 0 radical (unpaired) electrons. The average Bonchev–Trinajstić information content (AvgIpc) is 2.86. The van der Waals surface area contributed by atoms with Crippen molar-refractivity contribution in [2.45, 2.75) is 19.3 Å². The summed E-state index contributed by atoms with van der Waals surface area (Å²) >= 11 is 0. The van der Waals surface area contributed by atoms with E-state index in [-0.39, 0.29) is 12.2 Å². The van der Waals surface area contributed by atoms with Crippen LogP contribution in [0.1, 0.15) is 29.6 Å². The maximum Gasteiger partial charge on any atom is 0.306 e. The van der Waals surface area contributed by atoms with E-state index < -0.39 is 23.1 Å². The van der Waals surface area contributed by atoms with Gasteiger partial charge in [-0.25, -0.2) is 0 Å². The fourth-order valence-corrected chi connectivity index (χ4v) is 2.17. The molecule has 0 spiro atoms. The Bertz CT molecular complexity index is 716. The number of ether oxygens (including phenoxy) is 1. The first-order chi connectivity index (χ1) is 9.93. The van der Waals surface area contributed by atoms with Crippen LogP contribution in [-0.2, 0) is 16.6 Å². The third-order valence-electron chi connectivity index (χ3n) is 3.20. The van der Waals surface area contributed by atoms with E-state index in [1.165, 1.54) is 13.2 Å². The predicted molar refractivity (Wildman–Crippen MR) is 73.1 cm³/mol. The van der Waals surface area contributed by atoms with Gasteiger partial charge in [-0.3, -0.25) is 14.3 Å². The van der Waals surface area contributed by atoms with Crippen molar-refractivity contribution in [3.8, 4) is 5.75 Å². The number of rotatable bonds is 4. The minimum Gasteiger partial charge on any atom is -0.502 e. The van der Waals surface area contributed by atoms with E-state index in [1.54, 1.807) is 30.9 Å². The molecule has 0 aromatic carbocycles. The van der Waals surface area contributed by atoms with Crippen LogP contribution in [-0.4, -0.2) is 28.0 Å². The summed E-state index contributed by atoms with van der Waals surface area (Å²) in [5, 5.41) is 14.0. The maximum atomic E-state index is 11.7. The van der Waals surface area contributed by atoms with E-state index in [1.807, 2.05) is 0 Å². The fourth-order valence-electron chi connectivity index (χ4n) is 2.17. The average molecular weight is 292 g/mol. The minimum atomic E-state index is -0.655. The predicted octanol–water partition coefficient (Wildman–Crippen LogP) is 1.08. The number of aromatic nitrogens is 2. The van der Waals surface area contributed by atoms with E-state index in [9.17, 15) is 14.7 Å². The Morgan fingerprint density at radius 1 is 1.57 bits per heavy atom. The van der Waals surface area contributed by atoms with Crippen molar-refractivity contribution >= 4 is 5.97 Å². The Balaban J connectivity index is 2.58. The quantitative estimate of drug-likeness (QED) is 0.847. The number of carbonyl (C=O) groups excluding carboxylic acids is 1. The normalized spacial score (nSPS) is 12.1. The van der Waals surface area contributed by atoms with E-state index >= 15 is 0 Å². The molecular formula is C14H16N2O5. The van der Waals surface area contributed by atoms with Gasteiger partial charge in [-0.1, -0.05) is 0 Å². The van der Waals surface area contributed by atoms with Gasteiger partial charge in [0.05, 0.1) is 19.4 Å². The second kappa shape index (κ2) is 5.82. The van der Waals surface area contributed by atoms with Gasteiger partial charge in [-0.05, 0) is 13.0 Å². The van der Waals surface area contributed by atoms with Crippen molar-refractivity contribution in [1.29, 1.82) is 0 Å². The molecule has 0 saturated carbocycles. The Morgan fingerprint density at radius 2 is 2.29 bits per heavy atom. The number of aromatic hydroxyl groups is 1. The number of carbonyl (C=O) groups is 1. The first kappa shape index (κ1) is 14.8. The van der Waals surface area contributed by atoms with Gasteiger partial charge in [-0.15, -0.1) is 0 Å². The van der Waals surface area contributed by atoms with Gasteiger partial charge in [0.15, 0.2) is 5.76 Å². The molecule has 21 heavy (non-hydrogen) atoms. The second-order valence-electron chi connectivity index (χ2n) is 4.65. The SMILES string of the molecule is COC(=O)C[C@H](c1oc(C)cc(=O)c1O)c1ccnn1C. The van der Waals surface area contributed by atoms with Crippen LogP contribution < -0.4 is 5.43 Å². The Kier molecular flexibility index (Phi) is 4.11. The zero-order valence-electron chi connectivity index (χ0n) is 12.0. The number of methoxy groups -OCH3 is 1. The third-order valence-corrected chi connectivity index (χ3v) is 3.20. The molecule has 0 aliphatic heterocycles. The Morgan fingerprint density at radius 3 is 2.86 bits per heavy atom. The monoisotopic (exact) mass is 292 g/mol. The molecule has 0 aliphatic rings. The van der Waals surface area contributed by atoms with Gasteiger partial charge in [0.2, 0.25) is 11.2 Å². The lowest BCUT2D eigenvalue weighted by Crippen LogP contribution is -2.16. The van der Waals surface area contributed by atoms with Crippen LogP contribution in [0.2, 0.25) is 0 Å². The number of hydrogen-bond donors (Lipinski definition) is 1. The lowest BCUT2D eigenvalue weighted by molar-refractivity contribution is -0.141. The highest BCUT2D eigenvalue weighted by molar-refractivity contribution is 5.71. The Labute approximate surface area is 120 Å². The molecule has 112 valence electrons. The molecule has 2 aromatic heterocycles. The van der Waals surface area contributed by atoms with E-state index in [0.717, 1.165) is 0 Å². The molecule has 0 saturated heterocycles. The number of aryl methyl sites for hydroxylation is 2. The van der Waals surface area contributed by atoms with Crippen molar-refractivity contribution in [1.82, 2.24) is 9.78 Å². The highest BCUT2D eigenvalue weighted by atomic mass is 16.5. The van der Waals surface area contributed by atoms with Crippen LogP contribution in [0.4, 0.5) is 0 Å². The number of esters is 1. The molecule has 2 heterocycles. The van der Waals surface area contributed by atoms with Crippen molar-refractivity contribution in [3.63, 3.8) is 0 Å². The molecular weight excluding hydrogens is 276 g/mol. The van der Waals surface area contributed by atoms with Crippen molar-refractivity contribution in [2.24, 2.45) is 7.05 Å². The van der Waals surface area contributed by atoms with Gasteiger partial charge >= 0.3 is 5.97 Å². The maximum absolute atomic E-state index is 11.7. The standard InChI is InChI=1S/C14H16N2O5/c1-8-6-11(17)13(19)14(21-8)9(7-12(18)20-3)10-4-5-15-16(10)2/h4-6,9,19H,7H2,1-3H3/t9-/m0/s1. The smallest absolute Gasteiger partial charge is 0.306 e. The lowest BCUT2D eigenvalue weighted by atomic mass is 9.97. The first-order valence-electron chi connectivity index (χ1n) is 6.32. The molecule has 7 heteroatoms. The van der Waals surface area contributed by atoms with Crippen molar-refractivity contribution in [3.05, 3.63) is 45.8 Å². The minimum absolute atomic E-state index is 0.0361. The third kappa shape index (κ3) is 2.96. The van der Waals surface area contributed by atoms with Crippen LogP contribution >= 0.6 is 0 Å². The van der Waals surface area contributed by atoms with Crippen LogP contribution in [0.25, 0.3) is 0 Å². The first-order valence-corrected chi connectivity index (χ1v) is 6.32. The molecule has 2 rings (SSSR count). The summed E-state index contributed by atoms with van der Waals surface area (Å²) in [7, 11) is 2.97.